The van der Waals surface area contributed by atoms with Crippen LogP contribution in [0.15, 0.2) is 42.5 Å². The van der Waals surface area contributed by atoms with Crippen LogP contribution in [0.3, 0.4) is 0 Å². The van der Waals surface area contributed by atoms with Gasteiger partial charge >= 0.3 is 0 Å². The molecule has 0 amide bonds. The van der Waals surface area contributed by atoms with Gasteiger partial charge in [0.15, 0.2) is 5.78 Å². The van der Waals surface area contributed by atoms with Crippen LogP contribution in [0.4, 0.5) is 0 Å². The minimum atomic E-state index is -0.00162. The molecular weight excluding hydrogens is 322 g/mol. The van der Waals surface area contributed by atoms with E-state index >= 15 is 0 Å². The van der Waals surface area contributed by atoms with Crippen molar-refractivity contribution in [1.82, 2.24) is 5.32 Å². The van der Waals surface area contributed by atoms with Crippen LogP contribution in [0, 0.1) is 6.92 Å². The van der Waals surface area contributed by atoms with E-state index < -0.39 is 0 Å². The van der Waals surface area contributed by atoms with Gasteiger partial charge in [-0.2, -0.15) is 0 Å². The lowest BCUT2D eigenvalue weighted by Crippen LogP contribution is -2.04. The molecule has 2 rings (SSSR count). The molecule has 1 unspecified atom stereocenters. The molecule has 0 bridgehead atoms. The zero-order chi connectivity index (χ0) is 17.4. The molecule has 0 aromatic heterocycles. The molecule has 4 heteroatoms. The minimum absolute atomic E-state index is 0. The fourth-order valence-corrected chi connectivity index (χ4v) is 2.29. The predicted molar refractivity (Wildman–Crippen MR) is 104 cm³/mol. The van der Waals surface area contributed by atoms with Gasteiger partial charge in [0.2, 0.25) is 0 Å². The average Bonchev–Trinajstić information content (AvgIpc) is 2.57. The summed E-state index contributed by atoms with van der Waals surface area (Å²) < 4.78 is 0. The van der Waals surface area contributed by atoms with Crippen LogP contribution in [0.25, 0.3) is 0 Å². The molecule has 24 heavy (non-hydrogen) atoms. The number of hydrogen-bond donors (Lipinski definition) is 2. The summed E-state index contributed by atoms with van der Waals surface area (Å²) in [6.45, 7) is 5.97. The Morgan fingerprint density at radius 2 is 1.67 bits per heavy atom. The molecule has 2 N–H and O–H groups in total. The van der Waals surface area contributed by atoms with Crippen LogP contribution in [-0.2, 0) is 0 Å². The molecule has 2 aromatic rings. The summed E-state index contributed by atoms with van der Waals surface area (Å²) in [6.07, 6.45) is 0.927. The second-order valence-corrected chi connectivity index (χ2v) is 5.74. The predicted octanol–water partition coefficient (Wildman–Crippen LogP) is 4.70. The van der Waals surface area contributed by atoms with Crippen molar-refractivity contribution in [3.63, 3.8) is 0 Å². The highest BCUT2D eigenvalue weighted by molar-refractivity contribution is 6.09. The van der Waals surface area contributed by atoms with Crippen LogP contribution in [0.2, 0.25) is 0 Å². The molecule has 0 aliphatic heterocycles. The lowest BCUT2D eigenvalue weighted by Gasteiger charge is -2.15. The van der Waals surface area contributed by atoms with E-state index in [-0.39, 0.29) is 24.1 Å². The van der Waals surface area contributed by atoms with Gasteiger partial charge in [0.05, 0.1) is 0 Å². The molecule has 0 saturated carbocycles. The molecule has 3 nitrogen and oxygen atoms in total. The number of nitrogens with one attached hydrogen (secondary N) is 1. The zero-order valence-corrected chi connectivity index (χ0v) is 15.9. The molecule has 1 atom stereocenters. The van der Waals surface area contributed by atoms with Crippen molar-refractivity contribution in [3.05, 3.63) is 64.7 Å². The number of aromatic hydroxyl groups is 1. The standard InChI is InChI=1S/C18H20O2.C2H7N.ClH/c1-4-12(2)16-11-15(10-13(3)17(16)19)18(20)14-8-6-5-7-9-14;1-3-2;/h5-12,19H,4H2,1-3H3;3H,1-2H3;1H. The van der Waals surface area contributed by atoms with E-state index in [1.165, 1.54) is 0 Å². The largest absolute Gasteiger partial charge is 0.507 e. The number of hydrogen-bond acceptors (Lipinski definition) is 3. The van der Waals surface area contributed by atoms with Crippen molar-refractivity contribution in [2.24, 2.45) is 0 Å². The molecule has 0 saturated heterocycles. The van der Waals surface area contributed by atoms with Crippen molar-refractivity contribution < 1.29 is 9.90 Å². The number of benzene rings is 2. The van der Waals surface area contributed by atoms with Gasteiger partial charge in [-0.3, -0.25) is 4.79 Å². The molecular formula is C20H28ClNO2. The van der Waals surface area contributed by atoms with E-state index in [9.17, 15) is 9.90 Å². The van der Waals surface area contributed by atoms with Crippen molar-refractivity contribution in [3.8, 4) is 5.75 Å². The maximum atomic E-state index is 12.5. The van der Waals surface area contributed by atoms with Crippen molar-refractivity contribution in [2.75, 3.05) is 14.1 Å². The van der Waals surface area contributed by atoms with Gasteiger partial charge < -0.3 is 10.4 Å². The second kappa shape index (κ2) is 10.8. The summed E-state index contributed by atoms with van der Waals surface area (Å²) in [5, 5.41) is 12.9. The van der Waals surface area contributed by atoms with Gasteiger partial charge in [-0.1, -0.05) is 44.2 Å². The van der Waals surface area contributed by atoms with E-state index in [0.717, 1.165) is 17.5 Å². The highest BCUT2D eigenvalue weighted by atomic mass is 35.5. The summed E-state index contributed by atoms with van der Waals surface area (Å²) in [5.41, 5.74) is 2.92. The molecule has 0 aliphatic carbocycles. The second-order valence-electron chi connectivity index (χ2n) is 5.74. The number of carbonyl (C=O) groups is 1. The highest BCUT2D eigenvalue weighted by Gasteiger charge is 2.16. The first-order valence-electron chi connectivity index (χ1n) is 7.97. The highest BCUT2D eigenvalue weighted by Crippen LogP contribution is 2.32. The number of carbonyl (C=O) groups excluding carboxylic acids is 1. The van der Waals surface area contributed by atoms with E-state index in [4.69, 9.17) is 0 Å². The van der Waals surface area contributed by atoms with Crippen LogP contribution >= 0.6 is 12.4 Å². The number of phenolic OH excluding ortho intramolecular Hbond substituents is 1. The van der Waals surface area contributed by atoms with Gasteiger partial charge in [0.25, 0.3) is 0 Å². The summed E-state index contributed by atoms with van der Waals surface area (Å²) >= 11 is 0. The summed E-state index contributed by atoms with van der Waals surface area (Å²) in [6, 6.07) is 12.8. The molecule has 0 heterocycles. The maximum Gasteiger partial charge on any atom is 0.193 e. The van der Waals surface area contributed by atoms with Crippen molar-refractivity contribution >= 4 is 18.2 Å². The normalized spacial score (nSPS) is 10.9. The number of ketones is 1. The first-order chi connectivity index (χ1) is 11.0. The van der Waals surface area contributed by atoms with E-state index in [1.807, 2.05) is 57.4 Å². The number of phenols is 1. The third-order valence-corrected chi connectivity index (χ3v) is 3.77. The number of rotatable bonds is 4. The molecule has 2 aromatic carbocycles. The van der Waals surface area contributed by atoms with E-state index in [0.29, 0.717) is 16.9 Å². The Kier molecular flexibility index (Phi) is 10.0. The summed E-state index contributed by atoms with van der Waals surface area (Å²) in [4.78, 5) is 12.5. The fraction of sp³-hybridized carbons (Fsp3) is 0.350. The Bertz CT molecular complexity index is 642. The van der Waals surface area contributed by atoms with Gasteiger partial charge in [0.1, 0.15) is 5.75 Å². The smallest absolute Gasteiger partial charge is 0.193 e. The van der Waals surface area contributed by atoms with Crippen LogP contribution in [0.5, 0.6) is 5.75 Å². The zero-order valence-electron chi connectivity index (χ0n) is 15.1. The molecule has 132 valence electrons. The Labute approximate surface area is 151 Å². The SMILES string of the molecule is CCC(C)c1cc(C(=O)c2ccccc2)cc(C)c1O.CNC.Cl. The van der Waals surface area contributed by atoms with Crippen LogP contribution in [-0.4, -0.2) is 25.0 Å². The average molecular weight is 350 g/mol. The quantitative estimate of drug-likeness (QED) is 0.786. The van der Waals surface area contributed by atoms with Gasteiger partial charge in [-0.05, 0) is 56.6 Å². The first-order valence-corrected chi connectivity index (χ1v) is 7.97. The summed E-state index contributed by atoms with van der Waals surface area (Å²) in [5.74, 6) is 0.541. The van der Waals surface area contributed by atoms with Gasteiger partial charge in [-0.25, -0.2) is 0 Å². The lowest BCUT2D eigenvalue weighted by atomic mass is 9.91. The van der Waals surface area contributed by atoms with E-state index in [2.05, 4.69) is 19.2 Å². The summed E-state index contributed by atoms with van der Waals surface area (Å²) in [7, 11) is 3.75. The topological polar surface area (TPSA) is 49.3 Å². The molecule has 0 aliphatic rings. The third kappa shape index (κ3) is 5.66. The van der Waals surface area contributed by atoms with E-state index in [1.54, 1.807) is 6.07 Å². The van der Waals surface area contributed by atoms with Gasteiger partial charge in [0, 0.05) is 11.1 Å². The van der Waals surface area contributed by atoms with Crippen molar-refractivity contribution in [1.29, 1.82) is 0 Å². The third-order valence-electron chi connectivity index (χ3n) is 3.77. The Balaban J connectivity index is 0.00000123. The minimum Gasteiger partial charge on any atom is -0.507 e. The van der Waals surface area contributed by atoms with Crippen molar-refractivity contribution in [2.45, 2.75) is 33.1 Å². The fourth-order valence-electron chi connectivity index (χ4n) is 2.29. The van der Waals surface area contributed by atoms with Crippen LogP contribution < -0.4 is 5.32 Å². The Hall–Kier alpha value is -1.84. The van der Waals surface area contributed by atoms with Crippen LogP contribution in [0.1, 0.15) is 53.2 Å². The van der Waals surface area contributed by atoms with Gasteiger partial charge in [-0.15, -0.1) is 12.4 Å². The Morgan fingerprint density at radius 3 is 2.17 bits per heavy atom. The first kappa shape index (κ1) is 22.2. The molecule has 0 radical (unpaired) electrons. The monoisotopic (exact) mass is 349 g/mol. The molecule has 0 spiro atoms. The number of aryl methyl sites for hydroxylation is 1. The Morgan fingerprint density at radius 1 is 1.12 bits per heavy atom. The molecule has 0 fully saturated rings. The number of halogens is 1. The maximum absolute atomic E-state index is 12.5. The lowest BCUT2D eigenvalue weighted by molar-refractivity contribution is 0.103.